The summed E-state index contributed by atoms with van der Waals surface area (Å²) >= 11 is 3.34. The quantitative estimate of drug-likeness (QED) is 0.886. The molecule has 0 aliphatic heterocycles. The molecule has 0 unspecified atom stereocenters. The van der Waals surface area contributed by atoms with Crippen molar-refractivity contribution in [2.24, 2.45) is 5.73 Å². The van der Waals surface area contributed by atoms with Crippen LogP contribution in [0, 0.1) is 6.92 Å². The van der Waals surface area contributed by atoms with Crippen molar-refractivity contribution in [3.05, 3.63) is 58.1 Å². The summed E-state index contributed by atoms with van der Waals surface area (Å²) in [6.45, 7) is 2.07. The van der Waals surface area contributed by atoms with E-state index in [9.17, 15) is 8.42 Å². The van der Waals surface area contributed by atoms with Crippen LogP contribution in [-0.2, 0) is 16.6 Å². The average molecular weight is 355 g/mol. The van der Waals surface area contributed by atoms with Gasteiger partial charge in [0.25, 0.3) is 10.0 Å². The molecule has 0 saturated carbocycles. The summed E-state index contributed by atoms with van der Waals surface area (Å²) < 4.78 is 28.2. The van der Waals surface area contributed by atoms with E-state index in [1.54, 1.807) is 30.3 Å². The maximum Gasteiger partial charge on any atom is 0.262 e. The van der Waals surface area contributed by atoms with Gasteiger partial charge in [-0.05, 0) is 52.2 Å². The van der Waals surface area contributed by atoms with Gasteiger partial charge in [-0.25, -0.2) is 8.42 Å². The van der Waals surface area contributed by atoms with Gasteiger partial charge in [-0.2, -0.15) is 0 Å². The number of hydrogen-bond acceptors (Lipinski definition) is 3. The van der Waals surface area contributed by atoms with Crippen molar-refractivity contribution in [2.75, 3.05) is 4.72 Å². The second-order valence-electron chi connectivity index (χ2n) is 4.40. The molecule has 106 valence electrons. The zero-order valence-corrected chi connectivity index (χ0v) is 13.3. The SMILES string of the molecule is Cc1ccc(Br)c(NS(=O)(=O)c2ccccc2CN)c1. The van der Waals surface area contributed by atoms with E-state index in [1.807, 2.05) is 19.1 Å². The summed E-state index contributed by atoms with van der Waals surface area (Å²) in [7, 11) is -3.66. The molecule has 4 nitrogen and oxygen atoms in total. The third kappa shape index (κ3) is 3.20. The fourth-order valence-electron chi connectivity index (χ4n) is 1.85. The van der Waals surface area contributed by atoms with Crippen molar-refractivity contribution in [3.8, 4) is 0 Å². The molecule has 2 aromatic rings. The summed E-state index contributed by atoms with van der Waals surface area (Å²) in [5.74, 6) is 0. The first-order chi connectivity index (χ1) is 9.44. The minimum Gasteiger partial charge on any atom is -0.326 e. The summed E-state index contributed by atoms with van der Waals surface area (Å²) in [4.78, 5) is 0.205. The highest BCUT2D eigenvalue weighted by molar-refractivity contribution is 9.10. The molecule has 0 heterocycles. The highest BCUT2D eigenvalue weighted by Gasteiger charge is 2.18. The van der Waals surface area contributed by atoms with Crippen molar-refractivity contribution in [1.29, 1.82) is 0 Å². The monoisotopic (exact) mass is 354 g/mol. The first-order valence-electron chi connectivity index (χ1n) is 6.01. The topological polar surface area (TPSA) is 72.2 Å². The van der Waals surface area contributed by atoms with Gasteiger partial charge in [0.1, 0.15) is 0 Å². The van der Waals surface area contributed by atoms with E-state index in [4.69, 9.17) is 5.73 Å². The van der Waals surface area contributed by atoms with E-state index < -0.39 is 10.0 Å². The third-order valence-corrected chi connectivity index (χ3v) is 5.01. The first-order valence-corrected chi connectivity index (χ1v) is 8.28. The van der Waals surface area contributed by atoms with E-state index in [0.717, 1.165) is 5.56 Å². The summed E-state index contributed by atoms with van der Waals surface area (Å²) in [6, 6.07) is 12.2. The van der Waals surface area contributed by atoms with Crippen LogP contribution < -0.4 is 10.5 Å². The molecule has 0 atom stereocenters. The highest BCUT2D eigenvalue weighted by atomic mass is 79.9. The molecule has 0 aromatic heterocycles. The van der Waals surface area contributed by atoms with Crippen LogP contribution in [0.3, 0.4) is 0 Å². The second kappa shape index (κ2) is 5.95. The van der Waals surface area contributed by atoms with Gasteiger partial charge in [0.05, 0.1) is 10.6 Å². The molecule has 2 aromatic carbocycles. The van der Waals surface area contributed by atoms with Gasteiger partial charge in [0, 0.05) is 11.0 Å². The van der Waals surface area contributed by atoms with Crippen LogP contribution in [-0.4, -0.2) is 8.42 Å². The number of benzene rings is 2. The number of aryl methyl sites for hydroxylation is 1. The van der Waals surface area contributed by atoms with Gasteiger partial charge >= 0.3 is 0 Å². The van der Waals surface area contributed by atoms with Crippen LogP contribution in [0.5, 0.6) is 0 Å². The predicted octanol–water partition coefficient (Wildman–Crippen LogP) is 3.02. The predicted molar refractivity (Wildman–Crippen MR) is 84.0 cm³/mol. The van der Waals surface area contributed by atoms with E-state index in [-0.39, 0.29) is 11.4 Å². The lowest BCUT2D eigenvalue weighted by Gasteiger charge is -2.13. The maximum atomic E-state index is 12.5. The lowest BCUT2D eigenvalue weighted by atomic mass is 10.2. The van der Waals surface area contributed by atoms with Gasteiger partial charge < -0.3 is 5.73 Å². The Balaban J connectivity index is 2.43. The number of nitrogens with one attached hydrogen (secondary N) is 1. The van der Waals surface area contributed by atoms with Gasteiger partial charge in [0.2, 0.25) is 0 Å². The van der Waals surface area contributed by atoms with Crippen molar-refractivity contribution >= 4 is 31.6 Å². The summed E-state index contributed by atoms with van der Waals surface area (Å²) in [5, 5.41) is 0. The Kier molecular flexibility index (Phi) is 4.47. The van der Waals surface area contributed by atoms with Crippen molar-refractivity contribution in [2.45, 2.75) is 18.4 Å². The smallest absolute Gasteiger partial charge is 0.262 e. The van der Waals surface area contributed by atoms with E-state index in [0.29, 0.717) is 15.7 Å². The van der Waals surface area contributed by atoms with Crippen LogP contribution in [0.15, 0.2) is 51.8 Å². The third-order valence-electron chi connectivity index (χ3n) is 2.85. The zero-order valence-electron chi connectivity index (χ0n) is 10.9. The first kappa shape index (κ1) is 15.0. The second-order valence-corrected chi connectivity index (χ2v) is 6.91. The maximum absolute atomic E-state index is 12.5. The number of sulfonamides is 1. The molecule has 0 radical (unpaired) electrons. The van der Waals surface area contributed by atoms with Crippen LogP contribution in [0.2, 0.25) is 0 Å². The van der Waals surface area contributed by atoms with Crippen LogP contribution in [0.1, 0.15) is 11.1 Å². The normalized spacial score (nSPS) is 11.3. The minimum atomic E-state index is -3.66. The van der Waals surface area contributed by atoms with Gasteiger partial charge in [0.15, 0.2) is 0 Å². The molecule has 0 amide bonds. The van der Waals surface area contributed by atoms with Crippen LogP contribution >= 0.6 is 15.9 Å². The molecule has 0 spiro atoms. The molecule has 0 aliphatic rings. The highest BCUT2D eigenvalue weighted by Crippen LogP contribution is 2.27. The Morgan fingerprint density at radius 2 is 1.90 bits per heavy atom. The molecule has 0 bridgehead atoms. The largest absolute Gasteiger partial charge is 0.326 e. The Morgan fingerprint density at radius 1 is 1.20 bits per heavy atom. The molecule has 20 heavy (non-hydrogen) atoms. The van der Waals surface area contributed by atoms with Crippen molar-refractivity contribution in [3.63, 3.8) is 0 Å². The number of hydrogen-bond donors (Lipinski definition) is 2. The molecule has 2 rings (SSSR count). The fraction of sp³-hybridized carbons (Fsp3) is 0.143. The fourth-order valence-corrected chi connectivity index (χ4v) is 3.65. The van der Waals surface area contributed by atoms with Crippen LogP contribution in [0.4, 0.5) is 5.69 Å². The average Bonchev–Trinajstić information content (AvgIpc) is 2.42. The van der Waals surface area contributed by atoms with Crippen molar-refractivity contribution in [1.82, 2.24) is 0 Å². The van der Waals surface area contributed by atoms with E-state index in [2.05, 4.69) is 20.7 Å². The molecule has 6 heteroatoms. The van der Waals surface area contributed by atoms with Gasteiger partial charge in [-0.15, -0.1) is 0 Å². The van der Waals surface area contributed by atoms with Gasteiger partial charge in [-0.3, -0.25) is 4.72 Å². The summed E-state index contributed by atoms with van der Waals surface area (Å²) in [6.07, 6.45) is 0. The summed E-state index contributed by atoms with van der Waals surface area (Å²) in [5.41, 5.74) is 7.66. The Hall–Kier alpha value is -1.37. The molecule has 0 aliphatic carbocycles. The number of anilines is 1. The molecule has 3 N–H and O–H groups in total. The van der Waals surface area contributed by atoms with Crippen molar-refractivity contribution < 1.29 is 8.42 Å². The zero-order chi connectivity index (χ0) is 14.8. The van der Waals surface area contributed by atoms with Gasteiger partial charge in [-0.1, -0.05) is 24.3 Å². The standard InChI is InChI=1S/C14H15BrN2O2S/c1-10-6-7-12(15)13(8-10)17-20(18,19)14-5-3-2-4-11(14)9-16/h2-8,17H,9,16H2,1H3. The number of halogens is 1. The number of nitrogens with two attached hydrogens (primary N) is 1. The van der Waals surface area contributed by atoms with Crippen LogP contribution in [0.25, 0.3) is 0 Å². The Bertz CT molecular complexity index is 730. The number of rotatable bonds is 4. The Labute approximate surface area is 127 Å². The molecular formula is C14H15BrN2O2S. The minimum absolute atomic E-state index is 0.173. The lowest BCUT2D eigenvalue weighted by Crippen LogP contribution is -2.16. The van der Waals surface area contributed by atoms with E-state index in [1.165, 1.54) is 0 Å². The lowest BCUT2D eigenvalue weighted by molar-refractivity contribution is 0.600. The van der Waals surface area contributed by atoms with E-state index >= 15 is 0 Å². The Morgan fingerprint density at radius 3 is 2.60 bits per heavy atom. The molecule has 0 fully saturated rings. The molecular weight excluding hydrogens is 340 g/mol. The molecule has 0 saturated heterocycles.